The smallest absolute Gasteiger partial charge is 0.0270 e. The first kappa shape index (κ1) is 13.2. The van der Waals surface area contributed by atoms with E-state index in [4.69, 9.17) is 0 Å². The van der Waals surface area contributed by atoms with E-state index in [-0.39, 0.29) is 0 Å². The Morgan fingerprint density at radius 2 is 1.75 bits per heavy atom. The summed E-state index contributed by atoms with van der Waals surface area (Å²) in [4.78, 5) is 4.07. The SMILES string of the molecule is CNC(CCC(C)C)C(C)c1ccncc1. The van der Waals surface area contributed by atoms with Gasteiger partial charge in [-0.2, -0.15) is 0 Å². The average Bonchev–Trinajstić information content (AvgIpc) is 2.30. The summed E-state index contributed by atoms with van der Waals surface area (Å²) < 4.78 is 0. The van der Waals surface area contributed by atoms with Crippen LogP contribution in [0.4, 0.5) is 0 Å². The maximum atomic E-state index is 4.07. The molecule has 1 aromatic rings. The third-order valence-electron chi connectivity index (χ3n) is 3.26. The van der Waals surface area contributed by atoms with Gasteiger partial charge < -0.3 is 5.32 Å². The highest BCUT2D eigenvalue weighted by Gasteiger charge is 2.17. The first-order valence-electron chi connectivity index (χ1n) is 6.22. The molecule has 2 heteroatoms. The number of hydrogen-bond acceptors (Lipinski definition) is 2. The van der Waals surface area contributed by atoms with Gasteiger partial charge in [0.2, 0.25) is 0 Å². The van der Waals surface area contributed by atoms with E-state index >= 15 is 0 Å². The molecule has 0 saturated heterocycles. The minimum atomic E-state index is 0.548. The highest BCUT2D eigenvalue weighted by molar-refractivity contribution is 5.16. The Morgan fingerprint density at radius 3 is 2.25 bits per heavy atom. The lowest BCUT2D eigenvalue weighted by Gasteiger charge is -2.24. The molecule has 0 spiro atoms. The summed E-state index contributed by atoms with van der Waals surface area (Å²) in [5.74, 6) is 1.33. The highest BCUT2D eigenvalue weighted by atomic mass is 14.9. The van der Waals surface area contributed by atoms with Crippen LogP contribution in [0.15, 0.2) is 24.5 Å². The Kier molecular flexibility index (Phi) is 5.47. The largest absolute Gasteiger partial charge is 0.316 e. The van der Waals surface area contributed by atoms with Crippen molar-refractivity contribution in [3.63, 3.8) is 0 Å². The van der Waals surface area contributed by atoms with E-state index in [0.717, 1.165) is 5.92 Å². The lowest BCUT2D eigenvalue weighted by Crippen LogP contribution is -2.31. The van der Waals surface area contributed by atoms with Crippen molar-refractivity contribution in [2.24, 2.45) is 5.92 Å². The van der Waals surface area contributed by atoms with Crippen LogP contribution in [0.25, 0.3) is 0 Å². The summed E-state index contributed by atoms with van der Waals surface area (Å²) in [7, 11) is 2.06. The van der Waals surface area contributed by atoms with Crippen LogP contribution < -0.4 is 5.32 Å². The standard InChI is InChI=1S/C14H24N2/c1-11(2)5-6-14(15-4)12(3)13-7-9-16-10-8-13/h7-12,14-15H,5-6H2,1-4H3. The molecule has 0 amide bonds. The molecule has 16 heavy (non-hydrogen) atoms. The van der Waals surface area contributed by atoms with Crippen molar-refractivity contribution in [1.29, 1.82) is 0 Å². The number of pyridine rings is 1. The number of hydrogen-bond donors (Lipinski definition) is 1. The minimum Gasteiger partial charge on any atom is -0.316 e. The molecule has 0 bridgehead atoms. The maximum Gasteiger partial charge on any atom is 0.0270 e. The van der Waals surface area contributed by atoms with Crippen molar-refractivity contribution in [2.75, 3.05) is 7.05 Å². The van der Waals surface area contributed by atoms with Gasteiger partial charge in [-0.05, 0) is 49.4 Å². The summed E-state index contributed by atoms with van der Waals surface area (Å²) in [6.45, 7) is 6.85. The molecule has 0 aliphatic heterocycles. The van der Waals surface area contributed by atoms with Crippen LogP contribution in [0.1, 0.15) is 45.1 Å². The first-order chi connectivity index (χ1) is 7.65. The fraction of sp³-hybridized carbons (Fsp3) is 0.643. The molecule has 1 heterocycles. The van der Waals surface area contributed by atoms with Gasteiger partial charge in [0.05, 0.1) is 0 Å². The van der Waals surface area contributed by atoms with E-state index in [9.17, 15) is 0 Å². The first-order valence-corrected chi connectivity index (χ1v) is 6.22. The van der Waals surface area contributed by atoms with Gasteiger partial charge in [0.15, 0.2) is 0 Å². The van der Waals surface area contributed by atoms with Crippen LogP contribution in [0.3, 0.4) is 0 Å². The Labute approximate surface area is 99.5 Å². The molecular weight excluding hydrogens is 196 g/mol. The third-order valence-corrected chi connectivity index (χ3v) is 3.26. The molecule has 2 unspecified atom stereocenters. The van der Waals surface area contributed by atoms with Crippen LogP contribution >= 0.6 is 0 Å². The van der Waals surface area contributed by atoms with E-state index in [1.165, 1.54) is 18.4 Å². The molecule has 90 valence electrons. The van der Waals surface area contributed by atoms with Gasteiger partial charge in [0, 0.05) is 18.4 Å². The summed E-state index contributed by atoms with van der Waals surface area (Å²) in [5, 5.41) is 3.44. The highest BCUT2D eigenvalue weighted by Crippen LogP contribution is 2.22. The van der Waals surface area contributed by atoms with Gasteiger partial charge in [-0.25, -0.2) is 0 Å². The van der Waals surface area contributed by atoms with Crippen LogP contribution in [-0.4, -0.2) is 18.1 Å². The van der Waals surface area contributed by atoms with E-state index in [0.29, 0.717) is 12.0 Å². The molecule has 1 aromatic heterocycles. The zero-order chi connectivity index (χ0) is 12.0. The zero-order valence-corrected chi connectivity index (χ0v) is 10.9. The van der Waals surface area contributed by atoms with Gasteiger partial charge in [-0.3, -0.25) is 4.98 Å². The van der Waals surface area contributed by atoms with Crippen LogP contribution in [-0.2, 0) is 0 Å². The van der Waals surface area contributed by atoms with Crippen LogP contribution in [0.2, 0.25) is 0 Å². The lowest BCUT2D eigenvalue weighted by atomic mass is 9.89. The lowest BCUT2D eigenvalue weighted by molar-refractivity contribution is 0.410. The molecule has 1 rings (SSSR count). The third kappa shape index (κ3) is 3.93. The van der Waals surface area contributed by atoms with E-state index in [1.54, 1.807) is 0 Å². The molecule has 2 atom stereocenters. The number of aromatic nitrogens is 1. The van der Waals surface area contributed by atoms with Gasteiger partial charge >= 0.3 is 0 Å². The van der Waals surface area contributed by atoms with Gasteiger partial charge in [0.25, 0.3) is 0 Å². The Hall–Kier alpha value is -0.890. The average molecular weight is 220 g/mol. The number of likely N-dealkylation sites (N-methyl/N-ethyl adjacent to an activating group) is 1. The fourth-order valence-corrected chi connectivity index (χ4v) is 2.06. The Bertz CT molecular complexity index is 282. The second kappa shape index (κ2) is 6.64. The van der Waals surface area contributed by atoms with E-state index < -0.39 is 0 Å². The fourth-order valence-electron chi connectivity index (χ4n) is 2.06. The predicted molar refractivity (Wildman–Crippen MR) is 69.6 cm³/mol. The molecule has 0 fully saturated rings. The maximum absolute atomic E-state index is 4.07. The molecule has 1 N–H and O–H groups in total. The molecule has 0 aliphatic carbocycles. The van der Waals surface area contributed by atoms with Gasteiger partial charge in [0.1, 0.15) is 0 Å². The van der Waals surface area contributed by atoms with Crippen molar-refractivity contribution in [3.8, 4) is 0 Å². The van der Waals surface area contributed by atoms with Crippen molar-refractivity contribution >= 4 is 0 Å². The predicted octanol–water partition coefficient (Wildman–Crippen LogP) is 3.21. The minimum absolute atomic E-state index is 0.548. The zero-order valence-electron chi connectivity index (χ0n) is 10.9. The Morgan fingerprint density at radius 1 is 1.12 bits per heavy atom. The normalized spacial score (nSPS) is 15.1. The van der Waals surface area contributed by atoms with Crippen LogP contribution in [0, 0.1) is 5.92 Å². The molecular formula is C14H24N2. The van der Waals surface area contributed by atoms with Gasteiger partial charge in [-0.15, -0.1) is 0 Å². The molecule has 0 aliphatic rings. The molecule has 2 nitrogen and oxygen atoms in total. The van der Waals surface area contributed by atoms with Crippen LogP contribution in [0.5, 0.6) is 0 Å². The molecule has 0 radical (unpaired) electrons. The topological polar surface area (TPSA) is 24.9 Å². The number of nitrogens with zero attached hydrogens (tertiary/aromatic N) is 1. The molecule has 0 aromatic carbocycles. The van der Waals surface area contributed by atoms with Crippen molar-refractivity contribution in [3.05, 3.63) is 30.1 Å². The number of rotatable bonds is 6. The summed E-state index contributed by atoms with van der Waals surface area (Å²) in [6, 6.07) is 4.79. The van der Waals surface area contributed by atoms with Crippen molar-refractivity contribution in [1.82, 2.24) is 10.3 Å². The summed E-state index contributed by atoms with van der Waals surface area (Å²) in [5.41, 5.74) is 1.37. The van der Waals surface area contributed by atoms with Crippen molar-refractivity contribution < 1.29 is 0 Å². The summed E-state index contributed by atoms with van der Waals surface area (Å²) >= 11 is 0. The summed E-state index contributed by atoms with van der Waals surface area (Å²) in [6.07, 6.45) is 6.26. The quantitative estimate of drug-likeness (QED) is 0.796. The van der Waals surface area contributed by atoms with Gasteiger partial charge in [-0.1, -0.05) is 20.8 Å². The van der Waals surface area contributed by atoms with Crippen molar-refractivity contribution in [2.45, 2.75) is 45.6 Å². The second-order valence-corrected chi connectivity index (χ2v) is 4.94. The van der Waals surface area contributed by atoms with E-state index in [1.807, 2.05) is 12.4 Å². The van der Waals surface area contributed by atoms with E-state index in [2.05, 4.69) is 50.3 Å². The monoisotopic (exact) mass is 220 g/mol. The number of nitrogens with one attached hydrogen (secondary N) is 1. The second-order valence-electron chi connectivity index (χ2n) is 4.94. The molecule has 0 saturated carbocycles. The Balaban J connectivity index is 2.59.